The second-order valence-electron chi connectivity index (χ2n) is 2.71. The van der Waals surface area contributed by atoms with Gasteiger partial charge in [-0.25, -0.2) is 9.97 Å². The van der Waals surface area contributed by atoms with E-state index in [1.54, 1.807) is 0 Å². The van der Waals surface area contributed by atoms with E-state index in [1.165, 1.54) is 0 Å². The molecule has 0 aliphatic rings. The molecule has 1 aromatic heterocycles. The predicted molar refractivity (Wildman–Crippen MR) is 50.0 cm³/mol. The molecule has 0 aliphatic heterocycles. The van der Waals surface area contributed by atoms with Crippen LogP contribution in [-0.4, -0.2) is 26.8 Å². The van der Waals surface area contributed by atoms with Gasteiger partial charge in [-0.05, 0) is 6.07 Å². The highest BCUT2D eigenvalue weighted by Gasteiger charge is 2.32. The minimum atomic E-state index is -4.51. The molecule has 0 spiro atoms. The average Bonchev–Trinajstić information content (AvgIpc) is 2.16. The molecule has 0 unspecified atom stereocenters. The number of thioether (sulfide) groups is 1. The molecule has 8 heteroatoms. The largest absolute Gasteiger partial charge is 0.481 e. The van der Waals surface area contributed by atoms with Crippen LogP contribution < -0.4 is 0 Å². The summed E-state index contributed by atoms with van der Waals surface area (Å²) in [5.74, 6) is -0.879. The highest BCUT2D eigenvalue weighted by molar-refractivity contribution is 7.99. The van der Waals surface area contributed by atoms with Gasteiger partial charge in [0.15, 0.2) is 5.16 Å². The van der Waals surface area contributed by atoms with Gasteiger partial charge in [0, 0.05) is 11.9 Å². The van der Waals surface area contributed by atoms with Crippen molar-refractivity contribution in [3.8, 4) is 0 Å². The number of halogens is 3. The van der Waals surface area contributed by atoms with Gasteiger partial charge in [0.25, 0.3) is 0 Å². The maximum atomic E-state index is 12.2. The SMILES string of the molecule is O=C(O)CCSc1nccc(C(F)(F)F)n1. The molecule has 0 saturated carbocycles. The summed E-state index contributed by atoms with van der Waals surface area (Å²) in [6, 6.07) is 0.765. The third kappa shape index (κ3) is 4.05. The van der Waals surface area contributed by atoms with Gasteiger partial charge < -0.3 is 5.11 Å². The average molecular weight is 252 g/mol. The van der Waals surface area contributed by atoms with Crippen molar-refractivity contribution in [3.63, 3.8) is 0 Å². The summed E-state index contributed by atoms with van der Waals surface area (Å²) in [5, 5.41) is 8.27. The maximum absolute atomic E-state index is 12.2. The van der Waals surface area contributed by atoms with E-state index < -0.39 is 17.8 Å². The first-order valence-electron chi connectivity index (χ1n) is 4.14. The summed E-state index contributed by atoms with van der Waals surface area (Å²) in [7, 11) is 0. The zero-order chi connectivity index (χ0) is 12.2. The van der Waals surface area contributed by atoms with Crippen LogP contribution in [0.3, 0.4) is 0 Å². The Morgan fingerprint density at radius 1 is 1.50 bits per heavy atom. The molecule has 0 bridgehead atoms. The van der Waals surface area contributed by atoms with E-state index >= 15 is 0 Å². The van der Waals surface area contributed by atoms with Crippen LogP contribution in [0.15, 0.2) is 17.4 Å². The zero-order valence-electron chi connectivity index (χ0n) is 7.86. The highest BCUT2D eigenvalue weighted by atomic mass is 32.2. The van der Waals surface area contributed by atoms with Gasteiger partial charge >= 0.3 is 12.1 Å². The number of carboxylic acids is 1. The van der Waals surface area contributed by atoms with E-state index in [2.05, 4.69) is 9.97 Å². The van der Waals surface area contributed by atoms with Crippen LogP contribution in [0.1, 0.15) is 12.1 Å². The molecular weight excluding hydrogens is 245 g/mol. The Bertz CT molecular complexity index is 384. The lowest BCUT2D eigenvalue weighted by atomic mass is 10.4. The zero-order valence-corrected chi connectivity index (χ0v) is 8.68. The maximum Gasteiger partial charge on any atom is 0.433 e. The lowest BCUT2D eigenvalue weighted by molar-refractivity contribution is -0.141. The molecule has 1 heterocycles. The van der Waals surface area contributed by atoms with Gasteiger partial charge in [-0.15, -0.1) is 0 Å². The number of alkyl halides is 3. The van der Waals surface area contributed by atoms with E-state index in [-0.39, 0.29) is 17.3 Å². The van der Waals surface area contributed by atoms with Crippen molar-refractivity contribution in [2.45, 2.75) is 17.8 Å². The Morgan fingerprint density at radius 2 is 2.19 bits per heavy atom. The third-order valence-electron chi connectivity index (χ3n) is 1.47. The molecule has 0 amide bonds. The van der Waals surface area contributed by atoms with Crippen LogP contribution in [0, 0.1) is 0 Å². The first-order valence-corrected chi connectivity index (χ1v) is 5.13. The standard InChI is InChI=1S/C8H7F3N2O2S/c9-8(10,11)5-1-3-12-7(13-5)16-4-2-6(14)15/h1,3H,2,4H2,(H,14,15). The van der Waals surface area contributed by atoms with Gasteiger partial charge in [-0.2, -0.15) is 13.2 Å². The Morgan fingerprint density at radius 3 is 2.75 bits per heavy atom. The number of aromatic nitrogens is 2. The van der Waals surface area contributed by atoms with Crippen LogP contribution in [-0.2, 0) is 11.0 Å². The number of carbonyl (C=O) groups is 1. The highest BCUT2D eigenvalue weighted by Crippen LogP contribution is 2.28. The second-order valence-corrected chi connectivity index (χ2v) is 3.78. The van der Waals surface area contributed by atoms with E-state index in [0.717, 1.165) is 24.0 Å². The summed E-state index contributed by atoms with van der Waals surface area (Å²) in [5.41, 5.74) is -1.03. The predicted octanol–water partition coefficient (Wildman–Crippen LogP) is 2.06. The van der Waals surface area contributed by atoms with E-state index in [4.69, 9.17) is 5.11 Å². The lowest BCUT2D eigenvalue weighted by Gasteiger charge is -2.05. The fraction of sp³-hybridized carbons (Fsp3) is 0.375. The molecule has 0 atom stereocenters. The molecule has 0 aliphatic carbocycles. The molecule has 1 aromatic rings. The lowest BCUT2D eigenvalue weighted by Crippen LogP contribution is -2.09. The molecule has 16 heavy (non-hydrogen) atoms. The Labute approximate surface area is 92.9 Å². The fourth-order valence-electron chi connectivity index (χ4n) is 0.798. The molecule has 1 rings (SSSR count). The fourth-order valence-corrected chi connectivity index (χ4v) is 1.56. The van der Waals surface area contributed by atoms with Crippen LogP contribution in [0.4, 0.5) is 13.2 Å². The number of hydrogen-bond acceptors (Lipinski definition) is 4. The quantitative estimate of drug-likeness (QED) is 0.656. The van der Waals surface area contributed by atoms with Crippen molar-refractivity contribution in [2.75, 3.05) is 5.75 Å². The molecule has 0 aromatic carbocycles. The third-order valence-corrected chi connectivity index (χ3v) is 2.33. The molecule has 0 saturated heterocycles. The minimum Gasteiger partial charge on any atom is -0.481 e. The van der Waals surface area contributed by atoms with Crippen molar-refractivity contribution < 1.29 is 23.1 Å². The topological polar surface area (TPSA) is 63.1 Å². The van der Waals surface area contributed by atoms with Crippen LogP contribution in [0.25, 0.3) is 0 Å². The first-order chi connectivity index (χ1) is 7.39. The van der Waals surface area contributed by atoms with Gasteiger partial charge in [-0.3, -0.25) is 4.79 Å². The molecule has 0 radical (unpaired) electrons. The van der Waals surface area contributed by atoms with Crippen molar-refractivity contribution >= 4 is 17.7 Å². The Hall–Kier alpha value is -1.31. The molecule has 4 nitrogen and oxygen atoms in total. The van der Waals surface area contributed by atoms with Crippen LogP contribution in [0.5, 0.6) is 0 Å². The summed E-state index contributed by atoms with van der Waals surface area (Å²) in [6.45, 7) is 0. The Kier molecular flexibility index (Phi) is 4.11. The number of rotatable bonds is 4. The Balaban J connectivity index is 2.64. The van der Waals surface area contributed by atoms with Gasteiger partial charge in [0.2, 0.25) is 0 Å². The van der Waals surface area contributed by atoms with Crippen molar-refractivity contribution in [3.05, 3.63) is 18.0 Å². The number of nitrogens with zero attached hydrogens (tertiary/aromatic N) is 2. The van der Waals surface area contributed by atoms with Crippen molar-refractivity contribution in [1.29, 1.82) is 0 Å². The minimum absolute atomic E-state index is 0.0731. The van der Waals surface area contributed by atoms with Crippen LogP contribution in [0.2, 0.25) is 0 Å². The van der Waals surface area contributed by atoms with Crippen molar-refractivity contribution in [2.24, 2.45) is 0 Å². The molecular formula is C8H7F3N2O2S. The smallest absolute Gasteiger partial charge is 0.433 e. The summed E-state index contributed by atoms with van der Waals surface area (Å²) >= 11 is 0.876. The molecule has 88 valence electrons. The van der Waals surface area contributed by atoms with E-state index in [0.29, 0.717) is 0 Å². The van der Waals surface area contributed by atoms with Crippen molar-refractivity contribution in [1.82, 2.24) is 9.97 Å². The monoisotopic (exact) mass is 252 g/mol. The molecule has 0 fully saturated rings. The number of carboxylic acid groups (broad SMARTS) is 1. The van der Waals surface area contributed by atoms with Gasteiger partial charge in [0.1, 0.15) is 5.69 Å². The molecule has 1 N–H and O–H groups in total. The normalized spacial score (nSPS) is 11.4. The summed E-state index contributed by atoms with van der Waals surface area (Å²) in [6.07, 6.45) is -3.66. The van der Waals surface area contributed by atoms with Gasteiger partial charge in [-0.1, -0.05) is 11.8 Å². The van der Waals surface area contributed by atoms with E-state index in [1.807, 2.05) is 0 Å². The van der Waals surface area contributed by atoms with Crippen LogP contribution >= 0.6 is 11.8 Å². The summed E-state index contributed by atoms with van der Waals surface area (Å²) in [4.78, 5) is 17.1. The van der Waals surface area contributed by atoms with E-state index in [9.17, 15) is 18.0 Å². The first kappa shape index (κ1) is 12.8. The second kappa shape index (κ2) is 5.15. The summed E-state index contributed by atoms with van der Waals surface area (Å²) < 4.78 is 36.7. The number of hydrogen-bond donors (Lipinski definition) is 1. The number of aliphatic carboxylic acids is 1. The van der Waals surface area contributed by atoms with Gasteiger partial charge in [0.05, 0.1) is 6.42 Å².